The molecule has 3 heteroatoms. The third kappa shape index (κ3) is 5.66. The normalized spacial score (nSPS) is 32.6. The van der Waals surface area contributed by atoms with E-state index in [2.05, 4.69) is 50.3 Å². The molecule has 3 nitrogen and oxygen atoms in total. The highest BCUT2D eigenvalue weighted by molar-refractivity contribution is 5.32. The quantitative estimate of drug-likeness (QED) is 0.261. The van der Waals surface area contributed by atoms with Gasteiger partial charge in [-0.15, -0.1) is 0 Å². The summed E-state index contributed by atoms with van der Waals surface area (Å²) in [4.78, 5) is 0. The maximum absolute atomic E-state index is 6.10. The van der Waals surface area contributed by atoms with Crippen LogP contribution in [0.25, 0.3) is 0 Å². The minimum Gasteiger partial charge on any atom is -0.366 e. The summed E-state index contributed by atoms with van der Waals surface area (Å²) in [6.07, 6.45) is 20.2. The van der Waals surface area contributed by atoms with E-state index in [4.69, 9.17) is 14.2 Å². The van der Waals surface area contributed by atoms with Crippen LogP contribution in [0, 0.1) is 5.41 Å². The van der Waals surface area contributed by atoms with Gasteiger partial charge in [0.15, 0.2) is 6.29 Å². The molecule has 0 spiro atoms. The summed E-state index contributed by atoms with van der Waals surface area (Å²) in [5, 5.41) is 0. The maximum atomic E-state index is 6.10. The van der Waals surface area contributed by atoms with Gasteiger partial charge in [0, 0.05) is 0 Å². The molecular weight excluding hydrogens is 396 g/mol. The van der Waals surface area contributed by atoms with Gasteiger partial charge in [0.2, 0.25) is 0 Å². The Labute approximate surface area is 195 Å². The first-order valence-electron chi connectivity index (χ1n) is 13.3. The van der Waals surface area contributed by atoms with Crippen molar-refractivity contribution in [2.24, 2.45) is 5.41 Å². The summed E-state index contributed by atoms with van der Waals surface area (Å²) >= 11 is 0. The van der Waals surface area contributed by atoms with E-state index in [1.165, 1.54) is 69.8 Å². The van der Waals surface area contributed by atoms with E-state index in [0.717, 1.165) is 19.4 Å². The lowest BCUT2D eigenvalue weighted by molar-refractivity contribution is -0.236. The standard InChI is InChI=1S/C29H44O3/c1-3-5-7-9-21-30-27-23-31-26(22-32-27)24-10-12-25(13-11-24)29-18-15-28(16-19-29,17-20-29)14-8-6-4-2/h3,5,10-13,26-27H,4,6-9,14-23H2,1-2H3/t26-,27+,28?,29?/m0/s1. The Morgan fingerprint density at radius 1 is 0.938 bits per heavy atom. The number of hydrogen-bond acceptors (Lipinski definition) is 3. The lowest BCUT2D eigenvalue weighted by Gasteiger charge is -2.54. The van der Waals surface area contributed by atoms with Crippen molar-refractivity contribution in [3.05, 3.63) is 47.5 Å². The fraction of sp³-hybridized carbons (Fsp3) is 0.724. The van der Waals surface area contributed by atoms with Crippen molar-refractivity contribution in [1.29, 1.82) is 0 Å². The second-order valence-corrected chi connectivity index (χ2v) is 10.5. The summed E-state index contributed by atoms with van der Waals surface area (Å²) in [6, 6.07) is 9.35. The molecule has 0 amide bonds. The number of hydrogen-bond donors (Lipinski definition) is 0. The Kier molecular flexibility index (Phi) is 8.48. The lowest BCUT2D eigenvalue weighted by Crippen LogP contribution is -2.44. The van der Waals surface area contributed by atoms with E-state index >= 15 is 0 Å². The van der Waals surface area contributed by atoms with Gasteiger partial charge in [0.25, 0.3) is 0 Å². The second-order valence-electron chi connectivity index (χ2n) is 10.5. The van der Waals surface area contributed by atoms with Crippen molar-refractivity contribution in [3.8, 4) is 0 Å². The average molecular weight is 441 g/mol. The Morgan fingerprint density at radius 2 is 1.69 bits per heavy atom. The topological polar surface area (TPSA) is 27.7 Å². The molecule has 1 saturated heterocycles. The summed E-state index contributed by atoms with van der Waals surface area (Å²) in [6.45, 7) is 6.18. The highest BCUT2D eigenvalue weighted by Crippen LogP contribution is 2.59. The van der Waals surface area contributed by atoms with Crippen molar-refractivity contribution >= 4 is 0 Å². The second kappa shape index (κ2) is 11.3. The van der Waals surface area contributed by atoms with Crippen molar-refractivity contribution in [3.63, 3.8) is 0 Å². The van der Waals surface area contributed by atoms with Gasteiger partial charge in [-0.05, 0) is 86.7 Å². The van der Waals surface area contributed by atoms with E-state index in [-0.39, 0.29) is 12.4 Å². The van der Waals surface area contributed by atoms with Gasteiger partial charge >= 0.3 is 0 Å². The SMILES string of the molecule is CC=CCCCO[C@H]1CO[C@H](c2ccc(C34CCC(CCCCC)(CC3)CC4)cc2)CO1. The molecule has 2 bridgehead atoms. The molecule has 1 aromatic rings. The number of allylic oxidation sites excluding steroid dienone is 2. The zero-order valence-electron chi connectivity index (χ0n) is 20.5. The van der Waals surface area contributed by atoms with Crippen molar-refractivity contribution in [2.45, 2.75) is 109 Å². The maximum Gasteiger partial charge on any atom is 0.180 e. The van der Waals surface area contributed by atoms with Crippen LogP contribution in [-0.4, -0.2) is 26.1 Å². The van der Waals surface area contributed by atoms with Gasteiger partial charge in [-0.25, -0.2) is 0 Å². The average Bonchev–Trinajstić information content (AvgIpc) is 2.86. The highest BCUT2D eigenvalue weighted by atomic mass is 16.7. The molecule has 3 aliphatic carbocycles. The minimum absolute atomic E-state index is 0.0216. The van der Waals surface area contributed by atoms with Gasteiger partial charge in [-0.3, -0.25) is 0 Å². The summed E-state index contributed by atoms with van der Waals surface area (Å²) in [5.74, 6) is 0. The first-order chi connectivity index (χ1) is 15.7. The van der Waals surface area contributed by atoms with E-state index < -0.39 is 0 Å². The van der Waals surface area contributed by atoms with Gasteiger partial charge < -0.3 is 14.2 Å². The minimum atomic E-state index is -0.225. The highest BCUT2D eigenvalue weighted by Gasteiger charge is 2.48. The van der Waals surface area contributed by atoms with Gasteiger partial charge in [0.05, 0.1) is 19.8 Å². The third-order valence-electron chi connectivity index (χ3n) is 8.53. The zero-order valence-corrected chi connectivity index (χ0v) is 20.5. The fourth-order valence-corrected chi connectivity index (χ4v) is 6.23. The van der Waals surface area contributed by atoms with Crippen LogP contribution in [0.15, 0.2) is 36.4 Å². The molecule has 0 unspecified atom stereocenters. The van der Waals surface area contributed by atoms with Crippen molar-refractivity contribution in [1.82, 2.24) is 0 Å². The van der Waals surface area contributed by atoms with E-state index in [0.29, 0.717) is 24.0 Å². The molecule has 3 saturated carbocycles. The van der Waals surface area contributed by atoms with Crippen LogP contribution in [-0.2, 0) is 19.6 Å². The molecule has 0 aromatic heterocycles. The van der Waals surface area contributed by atoms with Crippen LogP contribution >= 0.6 is 0 Å². The zero-order chi connectivity index (χ0) is 22.3. The van der Waals surface area contributed by atoms with Crippen molar-refractivity contribution < 1.29 is 14.2 Å². The number of rotatable bonds is 11. The monoisotopic (exact) mass is 440 g/mol. The first kappa shape index (κ1) is 24.0. The number of benzene rings is 1. The molecule has 4 aliphatic rings. The Balaban J connectivity index is 1.25. The molecule has 2 atom stereocenters. The Bertz CT molecular complexity index is 690. The molecule has 0 N–H and O–H groups in total. The van der Waals surface area contributed by atoms with Crippen LogP contribution in [0.4, 0.5) is 0 Å². The molecule has 178 valence electrons. The predicted octanol–water partition coefficient (Wildman–Crippen LogP) is 7.65. The largest absolute Gasteiger partial charge is 0.366 e. The fourth-order valence-electron chi connectivity index (χ4n) is 6.23. The Morgan fingerprint density at radius 3 is 2.31 bits per heavy atom. The van der Waals surface area contributed by atoms with E-state index in [1.54, 1.807) is 5.56 Å². The van der Waals surface area contributed by atoms with Gasteiger partial charge in [-0.1, -0.05) is 62.6 Å². The smallest absolute Gasteiger partial charge is 0.180 e. The third-order valence-corrected chi connectivity index (χ3v) is 8.53. The molecule has 1 aromatic carbocycles. The molecular formula is C29H44O3. The van der Waals surface area contributed by atoms with E-state index in [1.807, 2.05) is 0 Å². The number of fused-ring (bicyclic) bond motifs is 3. The van der Waals surface area contributed by atoms with Crippen LogP contribution in [0.3, 0.4) is 0 Å². The van der Waals surface area contributed by atoms with Crippen LogP contribution in [0.2, 0.25) is 0 Å². The van der Waals surface area contributed by atoms with Crippen LogP contribution in [0.5, 0.6) is 0 Å². The molecule has 4 fully saturated rings. The van der Waals surface area contributed by atoms with Crippen LogP contribution < -0.4 is 0 Å². The van der Waals surface area contributed by atoms with Crippen molar-refractivity contribution in [2.75, 3.05) is 19.8 Å². The molecule has 5 rings (SSSR count). The summed E-state index contributed by atoms with van der Waals surface area (Å²) in [7, 11) is 0. The lowest BCUT2D eigenvalue weighted by atomic mass is 9.51. The summed E-state index contributed by atoms with van der Waals surface area (Å²) < 4.78 is 17.8. The molecule has 1 heterocycles. The van der Waals surface area contributed by atoms with Crippen LogP contribution in [0.1, 0.15) is 108 Å². The predicted molar refractivity (Wildman–Crippen MR) is 131 cm³/mol. The van der Waals surface area contributed by atoms with Gasteiger partial charge in [-0.2, -0.15) is 0 Å². The number of ether oxygens (including phenoxy) is 3. The van der Waals surface area contributed by atoms with Gasteiger partial charge in [0.1, 0.15) is 6.10 Å². The molecule has 0 radical (unpaired) electrons. The molecule has 32 heavy (non-hydrogen) atoms. The first-order valence-corrected chi connectivity index (χ1v) is 13.3. The molecule has 1 aliphatic heterocycles. The number of unbranched alkanes of at least 4 members (excludes halogenated alkanes) is 3. The summed E-state index contributed by atoms with van der Waals surface area (Å²) in [5.41, 5.74) is 3.90. The Hall–Kier alpha value is -1.16. The van der Waals surface area contributed by atoms with E-state index in [9.17, 15) is 0 Å².